The summed E-state index contributed by atoms with van der Waals surface area (Å²) in [7, 11) is 2.18. The summed E-state index contributed by atoms with van der Waals surface area (Å²) >= 11 is 0. The predicted molar refractivity (Wildman–Crippen MR) is 108 cm³/mol. The number of carbonyl (C=O) groups is 1. The molecule has 2 aromatic rings. The van der Waals surface area contributed by atoms with Crippen molar-refractivity contribution in [2.75, 3.05) is 39.8 Å². The lowest BCUT2D eigenvalue weighted by atomic mass is 9.91. The van der Waals surface area contributed by atoms with E-state index < -0.39 is 0 Å². The first-order valence-electron chi connectivity index (χ1n) is 10.5. The zero-order valence-corrected chi connectivity index (χ0v) is 16.4. The summed E-state index contributed by atoms with van der Waals surface area (Å²) < 4.78 is 2.40. The molecule has 1 amide bonds. The number of hydrogen-bond donors (Lipinski definition) is 0. The van der Waals surface area contributed by atoms with Gasteiger partial charge in [-0.1, -0.05) is 31.0 Å². The highest BCUT2D eigenvalue weighted by molar-refractivity contribution is 5.87. The molecule has 27 heavy (non-hydrogen) atoms. The number of fused-ring (bicyclic) bond motifs is 3. The van der Waals surface area contributed by atoms with Crippen LogP contribution in [-0.4, -0.2) is 70.5 Å². The van der Waals surface area contributed by atoms with Crippen LogP contribution in [0.15, 0.2) is 30.3 Å². The van der Waals surface area contributed by atoms with Gasteiger partial charge in [-0.25, -0.2) is 0 Å². The number of piperazine rings is 1. The summed E-state index contributed by atoms with van der Waals surface area (Å²) in [6.07, 6.45) is 4.45. The number of nitrogens with zero attached hydrogens (tertiary/aromatic N) is 4. The molecule has 3 aliphatic rings. The number of hydrogen-bond acceptors (Lipinski definition) is 3. The molecule has 1 saturated heterocycles. The summed E-state index contributed by atoms with van der Waals surface area (Å²) in [6, 6.07) is 10.8. The molecule has 1 aromatic carbocycles. The Hall–Kier alpha value is -1.85. The third kappa shape index (κ3) is 2.79. The summed E-state index contributed by atoms with van der Waals surface area (Å²) in [5.41, 5.74) is 2.34. The van der Waals surface area contributed by atoms with Crippen molar-refractivity contribution < 1.29 is 4.79 Å². The average molecular weight is 367 g/mol. The van der Waals surface area contributed by atoms with E-state index in [4.69, 9.17) is 0 Å². The Morgan fingerprint density at radius 1 is 0.963 bits per heavy atom. The van der Waals surface area contributed by atoms with Crippen LogP contribution in [0, 0.1) is 0 Å². The first kappa shape index (κ1) is 17.3. The molecular formula is C22H30N4O. The summed E-state index contributed by atoms with van der Waals surface area (Å²) in [5.74, 6) is 0.390. The van der Waals surface area contributed by atoms with Crippen LogP contribution in [0.5, 0.6) is 0 Å². The largest absolute Gasteiger partial charge is 0.341 e. The predicted octanol–water partition coefficient (Wildman–Crippen LogP) is 2.54. The zero-order valence-electron chi connectivity index (χ0n) is 16.4. The van der Waals surface area contributed by atoms with Gasteiger partial charge in [0.05, 0.1) is 6.54 Å². The maximum atomic E-state index is 13.8. The topological polar surface area (TPSA) is 31.7 Å². The minimum absolute atomic E-state index is 0.241. The van der Waals surface area contributed by atoms with E-state index in [0.717, 1.165) is 58.7 Å². The van der Waals surface area contributed by atoms with Crippen LogP contribution in [0.2, 0.25) is 0 Å². The fourth-order valence-electron chi connectivity index (χ4n) is 5.49. The van der Waals surface area contributed by atoms with Gasteiger partial charge in [-0.3, -0.25) is 9.69 Å². The first-order valence-corrected chi connectivity index (χ1v) is 10.5. The van der Waals surface area contributed by atoms with Crippen molar-refractivity contribution in [3.05, 3.63) is 36.0 Å². The third-order valence-electron chi connectivity index (χ3n) is 7.07. The van der Waals surface area contributed by atoms with Gasteiger partial charge >= 0.3 is 0 Å². The van der Waals surface area contributed by atoms with Crippen molar-refractivity contribution in [1.82, 2.24) is 19.3 Å². The number of aromatic nitrogens is 1. The van der Waals surface area contributed by atoms with Gasteiger partial charge in [-0.15, -0.1) is 0 Å². The van der Waals surface area contributed by atoms with Crippen molar-refractivity contribution in [3.63, 3.8) is 0 Å². The molecular weight excluding hydrogens is 336 g/mol. The number of rotatable bonds is 2. The van der Waals surface area contributed by atoms with Crippen LogP contribution >= 0.6 is 0 Å². The SMILES string of the molecule is CN1CCN(C2(C(=O)N3CCn4c(cc5ccccc54)C3)CCCC2)CC1. The second kappa shape index (κ2) is 6.64. The standard InChI is InChI=1S/C22H30N4O/c1-23-10-13-25(14-11-23)22(8-4-5-9-22)21(27)24-12-15-26-19(17-24)16-18-6-2-3-7-20(18)26/h2-3,6-7,16H,4-5,8-15,17H2,1H3. The van der Waals surface area contributed by atoms with Gasteiger partial charge < -0.3 is 14.4 Å². The van der Waals surface area contributed by atoms with Crippen molar-refractivity contribution >= 4 is 16.8 Å². The lowest BCUT2D eigenvalue weighted by Crippen LogP contribution is -2.63. The molecule has 0 spiro atoms. The highest BCUT2D eigenvalue weighted by atomic mass is 16.2. The molecule has 1 aromatic heterocycles. The van der Waals surface area contributed by atoms with E-state index in [9.17, 15) is 4.79 Å². The second-order valence-electron chi connectivity index (χ2n) is 8.60. The summed E-state index contributed by atoms with van der Waals surface area (Å²) in [5, 5.41) is 1.29. The van der Waals surface area contributed by atoms with Crippen LogP contribution in [0.3, 0.4) is 0 Å². The van der Waals surface area contributed by atoms with Gasteiger partial charge in [0.2, 0.25) is 5.91 Å². The van der Waals surface area contributed by atoms with Gasteiger partial charge in [-0.2, -0.15) is 0 Å². The highest BCUT2D eigenvalue weighted by Crippen LogP contribution is 2.38. The molecule has 3 heterocycles. The van der Waals surface area contributed by atoms with E-state index in [1.807, 2.05) is 0 Å². The minimum atomic E-state index is -0.241. The fourth-order valence-corrected chi connectivity index (χ4v) is 5.49. The minimum Gasteiger partial charge on any atom is -0.341 e. The molecule has 2 fully saturated rings. The molecule has 5 heteroatoms. The van der Waals surface area contributed by atoms with Gasteiger partial charge in [0, 0.05) is 50.5 Å². The van der Waals surface area contributed by atoms with Crippen LogP contribution in [0.4, 0.5) is 0 Å². The molecule has 0 N–H and O–H groups in total. The molecule has 0 bridgehead atoms. The van der Waals surface area contributed by atoms with Crippen molar-refractivity contribution in [2.45, 2.75) is 44.3 Å². The van der Waals surface area contributed by atoms with E-state index >= 15 is 0 Å². The third-order valence-corrected chi connectivity index (χ3v) is 7.07. The van der Waals surface area contributed by atoms with E-state index in [0.29, 0.717) is 5.91 Å². The lowest BCUT2D eigenvalue weighted by molar-refractivity contribution is -0.147. The molecule has 0 atom stereocenters. The Balaban J connectivity index is 1.41. The van der Waals surface area contributed by atoms with Crippen molar-refractivity contribution in [1.29, 1.82) is 0 Å². The van der Waals surface area contributed by atoms with Gasteiger partial charge in [-0.05, 0) is 37.4 Å². The highest BCUT2D eigenvalue weighted by Gasteiger charge is 2.48. The average Bonchev–Trinajstić information content (AvgIpc) is 3.33. The van der Waals surface area contributed by atoms with E-state index in [1.54, 1.807) is 0 Å². The molecule has 0 unspecified atom stereocenters. The normalized spacial score (nSPS) is 23.7. The number of carbonyl (C=O) groups excluding carboxylic acids is 1. The number of para-hydroxylation sites is 1. The van der Waals surface area contributed by atoms with Crippen LogP contribution in [0.1, 0.15) is 31.4 Å². The number of amides is 1. The smallest absolute Gasteiger partial charge is 0.243 e. The van der Waals surface area contributed by atoms with E-state index in [1.165, 1.54) is 29.4 Å². The molecule has 5 rings (SSSR count). The van der Waals surface area contributed by atoms with Gasteiger partial charge in [0.25, 0.3) is 0 Å². The molecule has 1 saturated carbocycles. The monoisotopic (exact) mass is 366 g/mol. The molecule has 2 aliphatic heterocycles. The van der Waals surface area contributed by atoms with Gasteiger partial charge in [0.1, 0.15) is 5.54 Å². The lowest BCUT2D eigenvalue weighted by Gasteiger charge is -2.46. The molecule has 0 radical (unpaired) electrons. The Bertz CT molecular complexity index is 843. The molecule has 5 nitrogen and oxygen atoms in total. The first-order chi connectivity index (χ1) is 13.2. The zero-order chi connectivity index (χ0) is 18.4. The van der Waals surface area contributed by atoms with Crippen LogP contribution < -0.4 is 0 Å². The van der Waals surface area contributed by atoms with Crippen LogP contribution in [0.25, 0.3) is 10.9 Å². The van der Waals surface area contributed by atoms with Gasteiger partial charge in [0.15, 0.2) is 0 Å². The van der Waals surface area contributed by atoms with E-state index in [-0.39, 0.29) is 5.54 Å². The second-order valence-corrected chi connectivity index (χ2v) is 8.60. The maximum absolute atomic E-state index is 13.8. The van der Waals surface area contributed by atoms with Crippen LogP contribution in [-0.2, 0) is 17.9 Å². The maximum Gasteiger partial charge on any atom is 0.243 e. The van der Waals surface area contributed by atoms with Crippen molar-refractivity contribution in [3.8, 4) is 0 Å². The number of likely N-dealkylation sites (N-methyl/N-ethyl adjacent to an activating group) is 1. The quantitative estimate of drug-likeness (QED) is 0.819. The Kier molecular flexibility index (Phi) is 4.25. The molecule has 1 aliphatic carbocycles. The van der Waals surface area contributed by atoms with E-state index in [2.05, 4.69) is 56.6 Å². The summed E-state index contributed by atoms with van der Waals surface area (Å²) in [6.45, 7) is 6.69. The fraction of sp³-hybridized carbons (Fsp3) is 0.591. The Labute approximate surface area is 161 Å². The van der Waals surface area contributed by atoms with Crippen molar-refractivity contribution in [2.24, 2.45) is 0 Å². The number of benzene rings is 1. The summed E-state index contributed by atoms with van der Waals surface area (Å²) in [4.78, 5) is 20.8. The molecule has 144 valence electrons. The Morgan fingerprint density at radius 3 is 2.48 bits per heavy atom. The Morgan fingerprint density at radius 2 is 1.70 bits per heavy atom.